The minimum Gasteiger partial charge on any atom is -0.352 e. The summed E-state index contributed by atoms with van der Waals surface area (Å²) < 4.78 is 0. The Morgan fingerprint density at radius 2 is 1.54 bits per heavy atom. The van der Waals surface area contributed by atoms with Gasteiger partial charge in [0.05, 0.1) is 20.5 Å². The Morgan fingerprint density at radius 3 is 2.11 bits per heavy atom. The van der Waals surface area contributed by atoms with E-state index in [2.05, 4.69) is 10.3 Å². The molecule has 0 fully saturated rings. The molecule has 0 saturated carbocycles. The minimum atomic E-state index is -0.521. The van der Waals surface area contributed by atoms with Crippen molar-refractivity contribution in [3.8, 4) is 11.3 Å². The summed E-state index contributed by atoms with van der Waals surface area (Å²) in [6, 6.07) is 11.5. The van der Waals surface area contributed by atoms with Crippen LogP contribution in [0, 0.1) is 20.2 Å². The molecule has 10 heteroatoms. The van der Waals surface area contributed by atoms with E-state index in [1.54, 1.807) is 12.1 Å². The molecule has 1 aromatic heterocycles. The average molecular weight is 398 g/mol. The van der Waals surface area contributed by atoms with E-state index in [1.807, 2.05) is 5.38 Å². The van der Waals surface area contributed by atoms with Crippen molar-refractivity contribution in [1.29, 1.82) is 0 Å². The second-order valence-electron chi connectivity index (χ2n) is 5.74. The van der Waals surface area contributed by atoms with Crippen LogP contribution in [0.15, 0.2) is 53.9 Å². The van der Waals surface area contributed by atoms with Crippen molar-refractivity contribution < 1.29 is 14.6 Å². The molecule has 0 unspecified atom stereocenters. The summed E-state index contributed by atoms with van der Waals surface area (Å²) in [5, 5.41) is 26.8. The highest BCUT2D eigenvalue weighted by molar-refractivity contribution is 7.09. The maximum Gasteiger partial charge on any atom is 0.269 e. The number of carbonyl (C=O) groups is 1. The predicted octanol–water partition coefficient (Wildman–Crippen LogP) is 3.60. The molecule has 3 aromatic rings. The number of nitro benzene ring substituents is 2. The number of rotatable bonds is 7. The molecule has 0 saturated heterocycles. The van der Waals surface area contributed by atoms with Gasteiger partial charge < -0.3 is 5.32 Å². The second kappa shape index (κ2) is 8.35. The van der Waals surface area contributed by atoms with E-state index in [1.165, 1.54) is 47.7 Å². The van der Waals surface area contributed by atoms with Crippen LogP contribution in [0.4, 0.5) is 11.4 Å². The Kier molecular flexibility index (Phi) is 5.70. The summed E-state index contributed by atoms with van der Waals surface area (Å²) in [5.74, 6) is -0.318. The van der Waals surface area contributed by atoms with Gasteiger partial charge in [-0.05, 0) is 24.3 Å². The van der Waals surface area contributed by atoms with Crippen molar-refractivity contribution in [3.63, 3.8) is 0 Å². The second-order valence-corrected chi connectivity index (χ2v) is 6.68. The van der Waals surface area contributed by atoms with E-state index in [0.717, 1.165) is 16.3 Å². The van der Waals surface area contributed by atoms with Gasteiger partial charge in [0.25, 0.3) is 17.3 Å². The summed E-state index contributed by atoms with van der Waals surface area (Å²) in [5.41, 5.74) is 1.79. The molecule has 0 spiro atoms. The van der Waals surface area contributed by atoms with E-state index in [0.29, 0.717) is 18.5 Å². The van der Waals surface area contributed by atoms with Crippen molar-refractivity contribution in [2.45, 2.75) is 6.42 Å². The number of nitro groups is 2. The molecule has 1 N–H and O–H groups in total. The molecule has 2 aromatic carbocycles. The third kappa shape index (κ3) is 4.54. The van der Waals surface area contributed by atoms with E-state index < -0.39 is 9.85 Å². The number of nitrogens with zero attached hydrogens (tertiary/aromatic N) is 3. The summed E-state index contributed by atoms with van der Waals surface area (Å²) in [4.78, 5) is 36.9. The van der Waals surface area contributed by atoms with Crippen LogP contribution in [0.3, 0.4) is 0 Å². The molecular weight excluding hydrogens is 384 g/mol. The van der Waals surface area contributed by atoms with Crippen LogP contribution in [0.1, 0.15) is 15.4 Å². The number of amides is 1. The normalized spacial score (nSPS) is 10.4. The van der Waals surface area contributed by atoms with Crippen molar-refractivity contribution >= 4 is 28.6 Å². The smallest absolute Gasteiger partial charge is 0.269 e. The van der Waals surface area contributed by atoms with Crippen molar-refractivity contribution in [3.05, 3.63) is 84.7 Å². The number of hydrogen-bond acceptors (Lipinski definition) is 7. The average Bonchev–Trinajstić information content (AvgIpc) is 3.17. The van der Waals surface area contributed by atoms with Gasteiger partial charge in [-0.2, -0.15) is 0 Å². The quantitative estimate of drug-likeness (QED) is 0.478. The molecular formula is C18H14N4O5S. The zero-order valence-electron chi connectivity index (χ0n) is 14.4. The van der Waals surface area contributed by atoms with Gasteiger partial charge in [-0.1, -0.05) is 0 Å². The first-order valence-corrected chi connectivity index (χ1v) is 9.04. The van der Waals surface area contributed by atoms with Crippen molar-refractivity contribution in [2.75, 3.05) is 6.54 Å². The number of carbonyl (C=O) groups excluding carboxylic acids is 1. The molecule has 1 amide bonds. The zero-order valence-corrected chi connectivity index (χ0v) is 15.2. The van der Waals surface area contributed by atoms with Gasteiger partial charge >= 0.3 is 0 Å². The lowest BCUT2D eigenvalue weighted by Gasteiger charge is -2.03. The lowest BCUT2D eigenvalue weighted by Crippen LogP contribution is -2.25. The molecule has 0 aliphatic heterocycles. The largest absolute Gasteiger partial charge is 0.352 e. The lowest BCUT2D eigenvalue weighted by molar-refractivity contribution is -0.385. The molecule has 28 heavy (non-hydrogen) atoms. The third-order valence-corrected chi connectivity index (χ3v) is 4.80. The maximum absolute atomic E-state index is 12.1. The van der Waals surface area contributed by atoms with Crippen LogP contribution < -0.4 is 5.32 Å². The zero-order chi connectivity index (χ0) is 20.1. The molecule has 142 valence electrons. The third-order valence-electron chi connectivity index (χ3n) is 3.89. The van der Waals surface area contributed by atoms with Crippen LogP contribution in [-0.2, 0) is 6.42 Å². The van der Waals surface area contributed by atoms with Crippen LogP contribution in [0.25, 0.3) is 11.3 Å². The number of aromatic nitrogens is 1. The van der Waals surface area contributed by atoms with Crippen LogP contribution in [0.5, 0.6) is 0 Å². The fraction of sp³-hybridized carbons (Fsp3) is 0.111. The summed E-state index contributed by atoms with van der Waals surface area (Å²) in [6.45, 7) is 0.364. The molecule has 0 bridgehead atoms. The Morgan fingerprint density at radius 1 is 0.964 bits per heavy atom. The number of hydrogen-bond donors (Lipinski definition) is 1. The first-order chi connectivity index (χ1) is 13.4. The fourth-order valence-electron chi connectivity index (χ4n) is 2.43. The molecule has 1 heterocycles. The van der Waals surface area contributed by atoms with Gasteiger partial charge in [0.15, 0.2) is 0 Å². The van der Waals surface area contributed by atoms with Gasteiger partial charge in [-0.3, -0.25) is 25.0 Å². The Hall–Kier alpha value is -3.66. The number of thiazole rings is 1. The highest BCUT2D eigenvalue weighted by Gasteiger charge is 2.11. The van der Waals surface area contributed by atoms with Gasteiger partial charge in [-0.15, -0.1) is 11.3 Å². The Bertz CT molecular complexity index is 1020. The minimum absolute atomic E-state index is 0.0214. The van der Waals surface area contributed by atoms with Gasteiger partial charge in [0.2, 0.25) is 0 Å². The predicted molar refractivity (Wildman–Crippen MR) is 103 cm³/mol. The highest BCUT2D eigenvalue weighted by Crippen LogP contribution is 2.24. The molecule has 9 nitrogen and oxygen atoms in total. The van der Waals surface area contributed by atoms with Crippen molar-refractivity contribution in [1.82, 2.24) is 10.3 Å². The van der Waals surface area contributed by atoms with Crippen LogP contribution >= 0.6 is 11.3 Å². The van der Waals surface area contributed by atoms with E-state index >= 15 is 0 Å². The maximum atomic E-state index is 12.1. The van der Waals surface area contributed by atoms with Gasteiger partial charge in [-0.25, -0.2) is 4.98 Å². The molecule has 0 radical (unpaired) electrons. The Balaban J connectivity index is 1.55. The molecule has 0 aliphatic rings. The number of nitrogens with one attached hydrogen (secondary N) is 1. The first-order valence-electron chi connectivity index (χ1n) is 8.16. The molecule has 0 atom stereocenters. The van der Waals surface area contributed by atoms with Crippen molar-refractivity contribution in [2.24, 2.45) is 0 Å². The SMILES string of the molecule is O=C(NCCc1nc(-c2ccc([N+](=O)[O-])cc2)cs1)c1ccc([N+](=O)[O-])cc1. The lowest BCUT2D eigenvalue weighted by atomic mass is 10.1. The number of benzene rings is 2. The highest BCUT2D eigenvalue weighted by atomic mass is 32.1. The standard InChI is InChI=1S/C18H14N4O5S/c23-18(13-3-7-15(8-4-13)22(26)27)19-10-9-17-20-16(11-28-17)12-1-5-14(6-2-12)21(24)25/h1-8,11H,9-10H2,(H,19,23). The van der Waals surface area contributed by atoms with Gasteiger partial charge in [0, 0.05) is 53.7 Å². The summed E-state index contributed by atoms with van der Waals surface area (Å²) in [6.07, 6.45) is 0.524. The Labute approximate surface area is 163 Å². The van der Waals surface area contributed by atoms with E-state index in [4.69, 9.17) is 0 Å². The fourth-order valence-corrected chi connectivity index (χ4v) is 3.24. The topological polar surface area (TPSA) is 128 Å². The molecule has 0 aliphatic carbocycles. The monoisotopic (exact) mass is 398 g/mol. The molecule has 3 rings (SSSR count). The van der Waals surface area contributed by atoms with Gasteiger partial charge in [0.1, 0.15) is 0 Å². The van der Waals surface area contributed by atoms with E-state index in [-0.39, 0.29) is 17.3 Å². The summed E-state index contributed by atoms with van der Waals surface area (Å²) >= 11 is 1.44. The number of non-ortho nitro benzene ring substituents is 2. The van der Waals surface area contributed by atoms with Crippen LogP contribution in [-0.4, -0.2) is 27.3 Å². The first kappa shape index (κ1) is 19.1. The van der Waals surface area contributed by atoms with Crippen LogP contribution in [0.2, 0.25) is 0 Å². The van der Waals surface area contributed by atoms with E-state index in [9.17, 15) is 25.0 Å². The summed E-state index contributed by atoms with van der Waals surface area (Å²) in [7, 11) is 0.